The number of fused-ring (bicyclic) bond motifs is 2. The first kappa shape index (κ1) is 34.0. The summed E-state index contributed by atoms with van der Waals surface area (Å²) in [6, 6.07) is 20.4. The Morgan fingerprint density at radius 2 is 1.87 bits per heavy atom. The Balaban J connectivity index is 0.830. The summed E-state index contributed by atoms with van der Waals surface area (Å²) in [6.45, 7) is 12.2. The lowest BCUT2D eigenvalue weighted by Gasteiger charge is -2.33. The van der Waals surface area contributed by atoms with Crippen LogP contribution in [0, 0.1) is 25.7 Å². The summed E-state index contributed by atoms with van der Waals surface area (Å²) in [5, 5.41) is 10.6. The van der Waals surface area contributed by atoms with Crippen molar-refractivity contribution in [1.29, 1.82) is 0 Å². The summed E-state index contributed by atoms with van der Waals surface area (Å²) in [5.74, 6) is 7.59. The van der Waals surface area contributed by atoms with E-state index in [4.69, 9.17) is 14.5 Å². The van der Waals surface area contributed by atoms with E-state index in [1.807, 2.05) is 43.6 Å². The number of ether oxygens (including phenoxy) is 2. The first-order chi connectivity index (χ1) is 25.9. The second-order valence-electron chi connectivity index (χ2n) is 13.6. The van der Waals surface area contributed by atoms with Gasteiger partial charge in [0.1, 0.15) is 18.9 Å². The number of aryl methyl sites for hydroxylation is 1. The highest BCUT2D eigenvalue weighted by molar-refractivity contribution is 5.95. The number of hydrogen-bond donors (Lipinski definition) is 3. The predicted molar refractivity (Wildman–Crippen MR) is 210 cm³/mol. The molecule has 5 heterocycles. The van der Waals surface area contributed by atoms with E-state index < -0.39 is 0 Å². The Labute approximate surface area is 309 Å². The zero-order chi connectivity index (χ0) is 36.3. The average molecular weight is 707 g/mol. The van der Waals surface area contributed by atoms with Gasteiger partial charge in [0.05, 0.1) is 11.6 Å². The number of amides is 2. The quantitative estimate of drug-likeness (QED) is 0.150. The highest BCUT2D eigenvalue weighted by atomic mass is 16.5. The molecule has 268 valence electrons. The lowest BCUT2D eigenvalue weighted by atomic mass is 10.00. The summed E-state index contributed by atoms with van der Waals surface area (Å²) < 4.78 is 11.8. The Hall–Kier alpha value is -6.12. The van der Waals surface area contributed by atoms with E-state index in [-0.39, 0.29) is 12.1 Å². The standard InChI is InChI=1S/C42H42N8O3/c1-27-23-30(6-13-38(27)50-20-14-28(2)46-42(50)51)5-4-21-52-35-15-18-49(19-16-35)34-11-9-33(10-12-34)47-41-45-25-32-8-7-31(24-37(32)48-41)36-26-44-40-39(29(36)3)43-17-22-53-40/h6-13,23-26,35,43H,2,14-22H2,1,3H3,(H,46,51)(H,45,47,48). The molecule has 0 radical (unpaired) electrons. The molecule has 8 rings (SSSR count). The number of aromatic nitrogens is 3. The third-order valence-corrected chi connectivity index (χ3v) is 10.0. The monoisotopic (exact) mass is 706 g/mol. The largest absolute Gasteiger partial charge is 0.474 e. The van der Waals surface area contributed by atoms with Gasteiger partial charge in [-0.15, -0.1) is 0 Å². The molecule has 0 saturated carbocycles. The van der Waals surface area contributed by atoms with Gasteiger partial charge >= 0.3 is 6.03 Å². The maximum Gasteiger partial charge on any atom is 0.326 e. The number of urea groups is 1. The maximum absolute atomic E-state index is 12.4. The molecule has 3 N–H and O–H groups in total. The number of nitrogens with zero attached hydrogens (tertiary/aromatic N) is 5. The minimum Gasteiger partial charge on any atom is -0.474 e. The molecule has 0 atom stereocenters. The van der Waals surface area contributed by atoms with Crippen LogP contribution >= 0.6 is 0 Å². The molecule has 11 heteroatoms. The van der Waals surface area contributed by atoms with Gasteiger partial charge in [-0.1, -0.05) is 30.6 Å². The number of benzene rings is 3. The van der Waals surface area contributed by atoms with Gasteiger partial charge in [0.25, 0.3) is 0 Å². The molecular weight excluding hydrogens is 665 g/mol. The maximum atomic E-state index is 12.4. The molecule has 2 fully saturated rings. The number of nitrogens with one attached hydrogen (secondary N) is 3. The molecule has 0 unspecified atom stereocenters. The third-order valence-electron chi connectivity index (χ3n) is 10.0. The van der Waals surface area contributed by atoms with Gasteiger partial charge in [-0.2, -0.15) is 0 Å². The highest BCUT2D eigenvalue weighted by Crippen LogP contribution is 2.36. The summed E-state index contributed by atoms with van der Waals surface area (Å²) >= 11 is 0. The number of anilines is 5. The van der Waals surface area contributed by atoms with Crippen LogP contribution in [0.5, 0.6) is 5.88 Å². The number of piperidine rings is 1. The lowest BCUT2D eigenvalue weighted by molar-refractivity contribution is 0.0595. The predicted octanol–water partition coefficient (Wildman–Crippen LogP) is 7.33. The fourth-order valence-corrected chi connectivity index (χ4v) is 7.12. The fraction of sp³-hybridized carbons (Fsp3) is 0.286. The molecule has 2 amide bonds. The summed E-state index contributed by atoms with van der Waals surface area (Å²) in [7, 11) is 0. The van der Waals surface area contributed by atoms with E-state index in [1.165, 1.54) is 5.69 Å². The summed E-state index contributed by atoms with van der Waals surface area (Å²) in [6.07, 6.45) is 6.53. The molecule has 2 saturated heterocycles. The SMILES string of the molecule is C=C1CCN(c2ccc(C#CCOC3CCN(c4ccc(Nc5ncc6ccc(-c7cnc8c(c7C)NCCO8)cc6n5)cc4)CC3)cc2C)C(=O)N1. The second-order valence-corrected chi connectivity index (χ2v) is 13.6. The number of carbonyl (C=O) groups excluding carboxylic acids is 1. The van der Waals surface area contributed by atoms with Crippen LogP contribution in [0.2, 0.25) is 0 Å². The van der Waals surface area contributed by atoms with E-state index >= 15 is 0 Å². The second kappa shape index (κ2) is 14.9. The number of hydrogen-bond acceptors (Lipinski definition) is 9. The van der Waals surface area contributed by atoms with E-state index in [0.717, 1.165) is 100 Å². The van der Waals surface area contributed by atoms with Crippen LogP contribution in [-0.2, 0) is 4.74 Å². The van der Waals surface area contributed by atoms with Gasteiger partial charge in [0, 0.05) is 84.3 Å². The van der Waals surface area contributed by atoms with E-state index in [9.17, 15) is 4.79 Å². The molecular formula is C42H42N8O3. The molecule has 3 aromatic carbocycles. The normalized spacial score (nSPS) is 15.9. The van der Waals surface area contributed by atoms with Crippen molar-refractivity contribution in [2.75, 3.05) is 59.8 Å². The van der Waals surface area contributed by atoms with Crippen LogP contribution in [0.15, 0.2) is 85.3 Å². The van der Waals surface area contributed by atoms with E-state index in [0.29, 0.717) is 31.6 Å². The first-order valence-electron chi connectivity index (χ1n) is 18.1. The molecule has 0 bridgehead atoms. The van der Waals surface area contributed by atoms with Gasteiger partial charge in [-0.05, 0) is 91.9 Å². The van der Waals surface area contributed by atoms with Crippen LogP contribution < -0.4 is 30.5 Å². The topological polar surface area (TPSA) is 117 Å². The molecule has 3 aliphatic heterocycles. The Bertz CT molecular complexity index is 2250. The van der Waals surface area contributed by atoms with Gasteiger partial charge in [-0.25, -0.2) is 19.7 Å². The molecule has 11 nitrogen and oxygen atoms in total. The fourth-order valence-electron chi connectivity index (χ4n) is 7.12. The van der Waals surface area contributed by atoms with Crippen LogP contribution in [0.1, 0.15) is 36.0 Å². The smallest absolute Gasteiger partial charge is 0.326 e. The third kappa shape index (κ3) is 7.45. The van der Waals surface area contributed by atoms with Crippen LogP contribution in [0.25, 0.3) is 22.0 Å². The molecule has 0 spiro atoms. The van der Waals surface area contributed by atoms with Gasteiger partial charge in [-0.3, -0.25) is 4.90 Å². The van der Waals surface area contributed by atoms with E-state index in [2.05, 4.69) is 92.6 Å². The lowest BCUT2D eigenvalue weighted by Crippen LogP contribution is -2.45. The Morgan fingerprint density at radius 1 is 1.02 bits per heavy atom. The minimum atomic E-state index is -0.136. The molecule has 53 heavy (non-hydrogen) atoms. The van der Waals surface area contributed by atoms with Crippen molar-refractivity contribution < 1.29 is 14.3 Å². The van der Waals surface area contributed by atoms with Crippen molar-refractivity contribution in [3.63, 3.8) is 0 Å². The van der Waals surface area contributed by atoms with Crippen molar-refractivity contribution >= 4 is 45.6 Å². The van der Waals surface area contributed by atoms with Crippen LogP contribution in [0.4, 0.5) is 33.5 Å². The van der Waals surface area contributed by atoms with Crippen molar-refractivity contribution in [1.82, 2.24) is 20.3 Å². The highest BCUT2D eigenvalue weighted by Gasteiger charge is 2.23. The summed E-state index contributed by atoms with van der Waals surface area (Å²) in [5.41, 5.74) is 10.7. The van der Waals surface area contributed by atoms with Crippen LogP contribution in [0.3, 0.4) is 0 Å². The molecule has 3 aliphatic rings. The van der Waals surface area contributed by atoms with Crippen LogP contribution in [-0.4, -0.2) is 66.5 Å². The van der Waals surface area contributed by atoms with Crippen molar-refractivity contribution in [3.05, 3.63) is 102 Å². The zero-order valence-corrected chi connectivity index (χ0v) is 30.0. The summed E-state index contributed by atoms with van der Waals surface area (Å²) in [4.78, 5) is 30.5. The molecule has 0 aliphatic carbocycles. The number of pyridine rings is 1. The van der Waals surface area contributed by atoms with Crippen molar-refractivity contribution in [2.24, 2.45) is 0 Å². The van der Waals surface area contributed by atoms with Gasteiger partial charge < -0.3 is 30.3 Å². The Kier molecular flexibility index (Phi) is 9.53. The number of rotatable bonds is 7. The Morgan fingerprint density at radius 3 is 2.68 bits per heavy atom. The van der Waals surface area contributed by atoms with Gasteiger partial charge in [0.15, 0.2) is 0 Å². The first-order valence-corrected chi connectivity index (χ1v) is 18.1. The van der Waals surface area contributed by atoms with E-state index in [1.54, 1.807) is 4.90 Å². The molecule has 5 aromatic rings. The molecule has 2 aromatic heterocycles. The zero-order valence-electron chi connectivity index (χ0n) is 30.0. The minimum absolute atomic E-state index is 0.136. The van der Waals surface area contributed by atoms with Crippen molar-refractivity contribution in [2.45, 2.75) is 39.2 Å². The average Bonchev–Trinajstić information content (AvgIpc) is 3.17. The number of carbonyl (C=O) groups is 1. The van der Waals surface area contributed by atoms with Gasteiger partial charge in [0.2, 0.25) is 11.8 Å². The van der Waals surface area contributed by atoms with Crippen molar-refractivity contribution in [3.8, 4) is 28.8 Å².